The van der Waals surface area contributed by atoms with Gasteiger partial charge in [0.05, 0.1) is 5.69 Å². The lowest BCUT2D eigenvalue weighted by Gasteiger charge is -2.04. The Morgan fingerprint density at radius 3 is 1.93 bits per heavy atom. The van der Waals surface area contributed by atoms with Gasteiger partial charge in [0.15, 0.2) is 0 Å². The van der Waals surface area contributed by atoms with Crippen LogP contribution in [0.3, 0.4) is 0 Å². The first-order valence-corrected chi connectivity index (χ1v) is 9.72. The normalized spacial score (nSPS) is 11.5. The second kappa shape index (κ2) is 9.68. The van der Waals surface area contributed by atoms with Gasteiger partial charge < -0.3 is 0 Å². The zero-order valence-corrected chi connectivity index (χ0v) is 16.2. The van der Waals surface area contributed by atoms with Gasteiger partial charge in [-0.3, -0.25) is 4.99 Å². The molecule has 0 aromatic heterocycles. The maximum Gasteiger partial charge on any atom is 0.0630 e. The fourth-order valence-electron chi connectivity index (χ4n) is 3.01. The highest BCUT2D eigenvalue weighted by Gasteiger charge is 1.98. The van der Waals surface area contributed by atoms with Gasteiger partial charge in [-0.1, -0.05) is 79.7 Å². The number of aliphatic imine (C=N–C) groups is 1. The van der Waals surface area contributed by atoms with Crippen molar-refractivity contribution in [1.29, 1.82) is 0 Å². The van der Waals surface area contributed by atoms with Crippen LogP contribution in [0, 0.1) is 0 Å². The standard InChI is InChI=1S/C26H27N/c1-3-5-6-7-22-8-10-23(11-9-22)20-27-26-18-16-25(17-19-26)24-14-12-21(4-2)13-15-24/h3,5,8-20H,4,6-7H2,1-2H3/b5-3+,27-20?. The lowest BCUT2D eigenvalue weighted by atomic mass is 10.0. The quantitative estimate of drug-likeness (QED) is 0.315. The molecular weight excluding hydrogens is 326 g/mol. The molecule has 1 nitrogen and oxygen atoms in total. The number of rotatable bonds is 7. The van der Waals surface area contributed by atoms with E-state index in [4.69, 9.17) is 0 Å². The highest BCUT2D eigenvalue weighted by molar-refractivity contribution is 5.82. The Bertz CT molecular complexity index is 882. The second-order valence-corrected chi connectivity index (χ2v) is 6.70. The molecular formula is C26H27N. The topological polar surface area (TPSA) is 12.4 Å². The Hall–Kier alpha value is -2.93. The van der Waals surface area contributed by atoms with Crippen molar-refractivity contribution < 1.29 is 0 Å². The molecule has 0 amide bonds. The van der Waals surface area contributed by atoms with Crippen LogP contribution in [0.1, 0.15) is 37.0 Å². The molecule has 0 N–H and O–H groups in total. The fourth-order valence-corrected chi connectivity index (χ4v) is 3.01. The summed E-state index contributed by atoms with van der Waals surface area (Å²) in [6.45, 7) is 4.24. The molecule has 3 aromatic carbocycles. The van der Waals surface area contributed by atoms with E-state index in [1.807, 2.05) is 6.21 Å². The lowest BCUT2D eigenvalue weighted by Crippen LogP contribution is -1.86. The maximum atomic E-state index is 4.61. The van der Waals surface area contributed by atoms with Crippen molar-refractivity contribution in [2.75, 3.05) is 0 Å². The molecule has 0 aliphatic carbocycles. The van der Waals surface area contributed by atoms with Crippen LogP contribution in [0.25, 0.3) is 11.1 Å². The Labute approximate surface area is 163 Å². The number of hydrogen-bond donors (Lipinski definition) is 0. The summed E-state index contributed by atoms with van der Waals surface area (Å²) in [6, 6.07) is 25.8. The van der Waals surface area contributed by atoms with Crippen molar-refractivity contribution in [1.82, 2.24) is 0 Å². The van der Waals surface area contributed by atoms with Gasteiger partial charge >= 0.3 is 0 Å². The summed E-state index contributed by atoms with van der Waals surface area (Å²) >= 11 is 0. The minimum atomic E-state index is 0.973. The minimum absolute atomic E-state index is 0.973. The molecule has 3 aromatic rings. The molecule has 0 fully saturated rings. The van der Waals surface area contributed by atoms with E-state index in [9.17, 15) is 0 Å². The van der Waals surface area contributed by atoms with Gasteiger partial charge in [0.25, 0.3) is 0 Å². The highest BCUT2D eigenvalue weighted by atomic mass is 14.7. The molecule has 0 heterocycles. The molecule has 3 rings (SSSR count). The van der Waals surface area contributed by atoms with Crippen LogP contribution >= 0.6 is 0 Å². The zero-order chi connectivity index (χ0) is 18.9. The van der Waals surface area contributed by atoms with Crippen LogP contribution in [-0.2, 0) is 12.8 Å². The highest BCUT2D eigenvalue weighted by Crippen LogP contribution is 2.23. The van der Waals surface area contributed by atoms with E-state index >= 15 is 0 Å². The second-order valence-electron chi connectivity index (χ2n) is 6.70. The Morgan fingerprint density at radius 1 is 0.741 bits per heavy atom. The van der Waals surface area contributed by atoms with E-state index in [0.29, 0.717) is 0 Å². The first kappa shape index (κ1) is 18.8. The third-order valence-corrected chi connectivity index (χ3v) is 4.74. The lowest BCUT2D eigenvalue weighted by molar-refractivity contribution is 0.999. The van der Waals surface area contributed by atoms with E-state index in [0.717, 1.165) is 30.5 Å². The molecule has 0 atom stereocenters. The fraction of sp³-hybridized carbons (Fsp3) is 0.192. The summed E-state index contributed by atoms with van der Waals surface area (Å²) < 4.78 is 0. The smallest absolute Gasteiger partial charge is 0.0630 e. The SMILES string of the molecule is C/C=C/CCc1ccc(C=Nc2ccc(-c3ccc(CC)cc3)cc2)cc1. The largest absolute Gasteiger partial charge is 0.256 e. The summed E-state index contributed by atoms with van der Waals surface area (Å²) in [5.41, 5.74) is 7.31. The molecule has 0 saturated carbocycles. The van der Waals surface area contributed by atoms with Crippen LogP contribution in [0.2, 0.25) is 0 Å². The van der Waals surface area contributed by atoms with Gasteiger partial charge in [-0.2, -0.15) is 0 Å². The van der Waals surface area contributed by atoms with E-state index in [1.165, 1.54) is 22.3 Å². The molecule has 0 aliphatic rings. The van der Waals surface area contributed by atoms with E-state index in [-0.39, 0.29) is 0 Å². The third kappa shape index (κ3) is 5.52. The Balaban J connectivity index is 1.63. The molecule has 0 radical (unpaired) electrons. The number of allylic oxidation sites excluding steroid dienone is 2. The van der Waals surface area contributed by atoms with E-state index < -0.39 is 0 Å². The molecule has 0 aliphatic heterocycles. The predicted molar refractivity (Wildman–Crippen MR) is 118 cm³/mol. The summed E-state index contributed by atoms with van der Waals surface area (Å²) in [6.07, 6.45) is 9.50. The third-order valence-electron chi connectivity index (χ3n) is 4.74. The Morgan fingerprint density at radius 2 is 1.33 bits per heavy atom. The summed E-state index contributed by atoms with van der Waals surface area (Å²) in [7, 11) is 0. The molecule has 27 heavy (non-hydrogen) atoms. The molecule has 0 saturated heterocycles. The van der Waals surface area contributed by atoms with Gasteiger partial charge in [-0.05, 0) is 66.1 Å². The number of aryl methyl sites for hydroxylation is 2. The number of nitrogens with zero attached hydrogens (tertiary/aromatic N) is 1. The first-order chi connectivity index (χ1) is 13.3. The molecule has 0 unspecified atom stereocenters. The van der Waals surface area contributed by atoms with Gasteiger partial charge in [0.2, 0.25) is 0 Å². The molecule has 136 valence electrons. The average Bonchev–Trinajstić information content (AvgIpc) is 2.74. The van der Waals surface area contributed by atoms with Crippen LogP contribution in [0.5, 0.6) is 0 Å². The van der Waals surface area contributed by atoms with E-state index in [2.05, 4.69) is 104 Å². The van der Waals surface area contributed by atoms with Gasteiger partial charge in [-0.25, -0.2) is 0 Å². The van der Waals surface area contributed by atoms with Gasteiger partial charge in [0, 0.05) is 6.21 Å². The minimum Gasteiger partial charge on any atom is -0.256 e. The van der Waals surface area contributed by atoms with Gasteiger partial charge in [0.1, 0.15) is 0 Å². The monoisotopic (exact) mass is 353 g/mol. The zero-order valence-electron chi connectivity index (χ0n) is 16.2. The first-order valence-electron chi connectivity index (χ1n) is 9.72. The summed E-state index contributed by atoms with van der Waals surface area (Å²) in [4.78, 5) is 4.61. The van der Waals surface area contributed by atoms with Crippen molar-refractivity contribution in [2.45, 2.75) is 33.1 Å². The van der Waals surface area contributed by atoms with Crippen LogP contribution in [0.15, 0.2) is 89.9 Å². The molecule has 1 heteroatoms. The maximum absolute atomic E-state index is 4.61. The van der Waals surface area contributed by atoms with Gasteiger partial charge in [-0.15, -0.1) is 0 Å². The van der Waals surface area contributed by atoms with Crippen molar-refractivity contribution in [3.63, 3.8) is 0 Å². The van der Waals surface area contributed by atoms with Crippen molar-refractivity contribution >= 4 is 11.9 Å². The number of hydrogen-bond acceptors (Lipinski definition) is 1. The molecule has 0 bridgehead atoms. The Kier molecular flexibility index (Phi) is 6.76. The summed E-state index contributed by atoms with van der Waals surface area (Å²) in [5.74, 6) is 0. The summed E-state index contributed by atoms with van der Waals surface area (Å²) in [5, 5.41) is 0. The van der Waals surface area contributed by atoms with Crippen molar-refractivity contribution in [3.05, 3.63) is 102 Å². The van der Waals surface area contributed by atoms with Crippen molar-refractivity contribution in [2.24, 2.45) is 4.99 Å². The van der Waals surface area contributed by atoms with E-state index in [1.54, 1.807) is 0 Å². The van der Waals surface area contributed by atoms with Crippen LogP contribution in [-0.4, -0.2) is 6.21 Å². The van der Waals surface area contributed by atoms with Crippen molar-refractivity contribution in [3.8, 4) is 11.1 Å². The average molecular weight is 354 g/mol. The predicted octanol–water partition coefficient (Wildman–Crippen LogP) is 7.18. The number of benzene rings is 3. The molecule has 0 spiro atoms. The van der Waals surface area contributed by atoms with Crippen LogP contribution < -0.4 is 0 Å². The van der Waals surface area contributed by atoms with Crippen LogP contribution in [0.4, 0.5) is 5.69 Å².